The molecule has 6 nitrogen and oxygen atoms in total. The highest BCUT2D eigenvalue weighted by atomic mass is 16.3. The molecular formula is C62H115NO5. The van der Waals surface area contributed by atoms with Crippen LogP contribution in [0.1, 0.15) is 296 Å². The number of hydrogen-bond acceptors (Lipinski definition) is 5. The number of aliphatic hydroxyl groups excluding tert-OH is 4. The fourth-order valence-electron chi connectivity index (χ4n) is 9.07. The summed E-state index contributed by atoms with van der Waals surface area (Å²) in [5.41, 5.74) is 0. The summed E-state index contributed by atoms with van der Waals surface area (Å²) in [7, 11) is 0. The van der Waals surface area contributed by atoms with E-state index in [-0.39, 0.29) is 0 Å². The van der Waals surface area contributed by atoms with Crippen LogP contribution in [-0.2, 0) is 4.79 Å². The first kappa shape index (κ1) is 66.0. The van der Waals surface area contributed by atoms with E-state index < -0.39 is 36.9 Å². The van der Waals surface area contributed by atoms with Crippen LogP contribution in [-0.4, -0.2) is 57.3 Å². The van der Waals surface area contributed by atoms with Crippen LogP contribution in [0.5, 0.6) is 0 Å². The summed E-state index contributed by atoms with van der Waals surface area (Å²) in [6, 6.07) is -1.02. The molecule has 0 aromatic carbocycles. The van der Waals surface area contributed by atoms with E-state index in [4.69, 9.17) is 0 Å². The van der Waals surface area contributed by atoms with Crippen molar-refractivity contribution < 1.29 is 25.2 Å². The lowest BCUT2D eigenvalue weighted by Gasteiger charge is -2.27. The number of unbranched alkanes of at least 4 members (excludes halogenated alkanes) is 35. The molecule has 0 aromatic heterocycles. The van der Waals surface area contributed by atoms with Crippen molar-refractivity contribution in [1.82, 2.24) is 5.32 Å². The van der Waals surface area contributed by atoms with Crippen molar-refractivity contribution >= 4 is 5.91 Å². The van der Waals surface area contributed by atoms with Crippen molar-refractivity contribution in [2.45, 2.75) is 321 Å². The Morgan fingerprint density at radius 3 is 1.09 bits per heavy atom. The summed E-state index contributed by atoms with van der Waals surface area (Å²) in [5, 5.41) is 44.0. The van der Waals surface area contributed by atoms with Crippen molar-refractivity contribution in [3.05, 3.63) is 60.8 Å². The second-order valence-corrected chi connectivity index (χ2v) is 20.3. The van der Waals surface area contributed by atoms with Gasteiger partial charge in [-0.25, -0.2) is 0 Å². The van der Waals surface area contributed by atoms with E-state index in [0.717, 1.165) is 64.2 Å². The smallest absolute Gasteiger partial charge is 0.249 e. The standard InChI is InChI=1S/C62H115NO5/c1-3-5-7-9-11-13-15-17-19-21-23-25-26-27-28-29-30-31-32-33-34-35-36-38-39-41-43-45-47-49-51-53-55-59(65)61(67)58(57-64)63-62(68)60(66)56-54-52-50-48-46-44-42-40-37-24-22-20-18-16-14-12-10-8-6-4-2/h6,8,12,14,34-35,39,41,47,49,58-61,64-67H,3-5,7,9-11,13,15-33,36-38,40,42-46,48,50-57H2,1-2H3,(H,63,68)/b8-6-,14-12-,35-34+,41-39+,49-47+. The Morgan fingerprint density at radius 1 is 0.382 bits per heavy atom. The molecule has 0 rings (SSSR count). The summed E-state index contributed by atoms with van der Waals surface area (Å²) in [5.74, 6) is -0.600. The van der Waals surface area contributed by atoms with Crippen LogP contribution in [0.15, 0.2) is 60.8 Å². The highest BCUT2D eigenvalue weighted by Crippen LogP contribution is 2.17. The van der Waals surface area contributed by atoms with E-state index in [1.54, 1.807) is 0 Å². The quantitative estimate of drug-likeness (QED) is 0.0308. The molecule has 0 aliphatic carbocycles. The zero-order chi connectivity index (χ0) is 49.5. The SMILES string of the molecule is CC/C=C\C/C=C\CCCCCCCCCCCCCCCC(O)C(=O)NC(CO)C(O)C(O)CCC/C=C/CC/C=C/CC/C=C/CCCCCCCCCCCCCCCCCCCCC. The minimum atomic E-state index is -1.30. The maximum Gasteiger partial charge on any atom is 0.249 e. The van der Waals surface area contributed by atoms with Crippen molar-refractivity contribution in [1.29, 1.82) is 0 Å². The van der Waals surface area contributed by atoms with Gasteiger partial charge in [0.1, 0.15) is 12.2 Å². The fourth-order valence-corrected chi connectivity index (χ4v) is 9.07. The Labute approximate surface area is 422 Å². The number of amides is 1. The Balaban J connectivity index is 3.68. The maximum absolute atomic E-state index is 12.6. The van der Waals surface area contributed by atoms with Gasteiger partial charge in [-0.2, -0.15) is 0 Å². The number of hydrogen-bond donors (Lipinski definition) is 5. The molecule has 0 aromatic rings. The van der Waals surface area contributed by atoms with E-state index >= 15 is 0 Å². The largest absolute Gasteiger partial charge is 0.394 e. The molecule has 4 atom stereocenters. The number of carbonyl (C=O) groups excluding carboxylic acids is 1. The minimum absolute atomic E-state index is 0.356. The number of rotatable bonds is 54. The first-order valence-corrected chi connectivity index (χ1v) is 29.7. The topological polar surface area (TPSA) is 110 Å². The van der Waals surface area contributed by atoms with Gasteiger partial charge in [0.25, 0.3) is 0 Å². The first-order valence-electron chi connectivity index (χ1n) is 29.7. The highest BCUT2D eigenvalue weighted by Gasteiger charge is 2.28. The van der Waals surface area contributed by atoms with Crippen molar-refractivity contribution in [3.8, 4) is 0 Å². The minimum Gasteiger partial charge on any atom is -0.394 e. The molecule has 0 saturated carbocycles. The lowest BCUT2D eigenvalue weighted by atomic mass is 10.00. The van der Waals surface area contributed by atoms with E-state index in [0.29, 0.717) is 19.3 Å². The van der Waals surface area contributed by atoms with Gasteiger partial charge in [-0.15, -0.1) is 0 Å². The predicted octanol–water partition coefficient (Wildman–Crippen LogP) is 17.5. The van der Waals surface area contributed by atoms with Crippen LogP contribution in [0.3, 0.4) is 0 Å². The zero-order valence-corrected chi connectivity index (χ0v) is 45.1. The van der Waals surface area contributed by atoms with Gasteiger partial charge in [0.05, 0.1) is 18.8 Å². The van der Waals surface area contributed by atoms with Crippen molar-refractivity contribution in [2.24, 2.45) is 0 Å². The van der Waals surface area contributed by atoms with Gasteiger partial charge in [0.2, 0.25) is 5.91 Å². The zero-order valence-electron chi connectivity index (χ0n) is 45.1. The molecule has 0 bridgehead atoms. The molecule has 398 valence electrons. The average Bonchev–Trinajstić information content (AvgIpc) is 3.34. The van der Waals surface area contributed by atoms with Crippen LogP contribution in [0.4, 0.5) is 0 Å². The van der Waals surface area contributed by atoms with Crippen LogP contribution < -0.4 is 5.32 Å². The normalized spacial score (nSPS) is 14.1. The lowest BCUT2D eigenvalue weighted by Crippen LogP contribution is -2.53. The Kier molecular flexibility index (Phi) is 54.3. The van der Waals surface area contributed by atoms with Crippen LogP contribution in [0, 0.1) is 0 Å². The lowest BCUT2D eigenvalue weighted by molar-refractivity contribution is -0.132. The van der Waals surface area contributed by atoms with Gasteiger partial charge in [0.15, 0.2) is 0 Å². The number of allylic oxidation sites excluding steroid dienone is 10. The Morgan fingerprint density at radius 2 is 0.706 bits per heavy atom. The van der Waals surface area contributed by atoms with Gasteiger partial charge >= 0.3 is 0 Å². The number of nitrogens with one attached hydrogen (secondary N) is 1. The number of aliphatic hydroxyl groups is 4. The molecule has 0 spiro atoms. The van der Waals surface area contributed by atoms with Crippen LogP contribution in [0.25, 0.3) is 0 Å². The molecule has 0 fully saturated rings. The predicted molar refractivity (Wildman–Crippen MR) is 297 cm³/mol. The molecular weight excluding hydrogens is 839 g/mol. The third kappa shape index (κ3) is 49.0. The molecule has 1 amide bonds. The van der Waals surface area contributed by atoms with Gasteiger partial charge < -0.3 is 25.7 Å². The first-order chi connectivity index (χ1) is 33.5. The summed E-state index contributed by atoms with van der Waals surface area (Å²) in [6.07, 6.45) is 73.1. The van der Waals surface area contributed by atoms with Crippen LogP contribution >= 0.6 is 0 Å². The maximum atomic E-state index is 12.6. The van der Waals surface area contributed by atoms with Gasteiger partial charge in [0, 0.05) is 0 Å². The fraction of sp³-hybridized carbons (Fsp3) is 0.823. The van der Waals surface area contributed by atoms with E-state index in [2.05, 4.69) is 79.9 Å². The van der Waals surface area contributed by atoms with E-state index in [1.807, 2.05) is 0 Å². The Bertz CT molecular complexity index is 1160. The molecule has 6 heteroatoms. The van der Waals surface area contributed by atoms with Gasteiger partial charge in [-0.1, -0.05) is 267 Å². The Hall–Kier alpha value is -1.99. The molecule has 5 N–H and O–H groups in total. The van der Waals surface area contributed by atoms with Crippen LogP contribution in [0.2, 0.25) is 0 Å². The molecule has 68 heavy (non-hydrogen) atoms. The molecule has 0 heterocycles. The monoisotopic (exact) mass is 954 g/mol. The van der Waals surface area contributed by atoms with Crippen molar-refractivity contribution in [3.63, 3.8) is 0 Å². The average molecular weight is 955 g/mol. The molecule has 0 saturated heterocycles. The molecule has 0 aliphatic heterocycles. The summed E-state index contributed by atoms with van der Waals surface area (Å²) in [6.45, 7) is 3.96. The van der Waals surface area contributed by atoms with E-state index in [1.165, 1.54) is 199 Å². The third-order valence-corrected chi connectivity index (χ3v) is 13.7. The molecule has 4 unspecified atom stereocenters. The second-order valence-electron chi connectivity index (χ2n) is 20.3. The summed E-state index contributed by atoms with van der Waals surface area (Å²) < 4.78 is 0. The van der Waals surface area contributed by atoms with Gasteiger partial charge in [-0.3, -0.25) is 4.79 Å². The summed E-state index contributed by atoms with van der Waals surface area (Å²) >= 11 is 0. The summed E-state index contributed by atoms with van der Waals surface area (Å²) in [4.78, 5) is 12.6. The number of carbonyl (C=O) groups is 1. The van der Waals surface area contributed by atoms with E-state index in [9.17, 15) is 25.2 Å². The van der Waals surface area contributed by atoms with Crippen molar-refractivity contribution in [2.75, 3.05) is 6.61 Å². The third-order valence-electron chi connectivity index (χ3n) is 13.7. The highest BCUT2D eigenvalue weighted by molar-refractivity contribution is 5.80. The second kappa shape index (κ2) is 55.9. The molecule has 0 radical (unpaired) electrons. The molecule has 0 aliphatic rings. The van der Waals surface area contributed by atoms with Gasteiger partial charge in [-0.05, 0) is 89.9 Å².